The molecule has 1 aromatic carbocycles. The first-order valence-electron chi connectivity index (χ1n) is 9.86. The lowest BCUT2D eigenvalue weighted by Crippen LogP contribution is -2.51. The van der Waals surface area contributed by atoms with Gasteiger partial charge in [0.1, 0.15) is 0 Å². The molecule has 1 aromatic heterocycles. The third-order valence-corrected chi connectivity index (χ3v) is 9.72. The summed E-state index contributed by atoms with van der Waals surface area (Å²) in [6.45, 7) is 3.67. The number of hydrogen-bond donors (Lipinski definition) is 0. The number of sulfonamides is 1. The zero-order valence-corrected chi connectivity index (χ0v) is 20.2. The minimum atomic E-state index is -3.38. The molecule has 0 saturated carbocycles. The fourth-order valence-electron chi connectivity index (χ4n) is 2.92. The first-order chi connectivity index (χ1) is 14.5. The van der Waals surface area contributed by atoms with Crippen LogP contribution >= 0.6 is 34.9 Å². The third kappa shape index (κ3) is 6.94. The average molecular weight is 487 g/mol. The highest BCUT2D eigenvalue weighted by Crippen LogP contribution is 2.29. The van der Waals surface area contributed by atoms with Gasteiger partial charge in [0, 0.05) is 31.9 Å². The maximum atomic E-state index is 12.6. The molecule has 1 fully saturated rings. The Morgan fingerprint density at radius 2 is 1.73 bits per heavy atom. The van der Waals surface area contributed by atoms with Crippen LogP contribution in [0.5, 0.6) is 0 Å². The highest BCUT2D eigenvalue weighted by atomic mass is 32.2. The molecule has 30 heavy (non-hydrogen) atoms. The van der Waals surface area contributed by atoms with Gasteiger partial charge in [0.15, 0.2) is 8.68 Å². The van der Waals surface area contributed by atoms with Crippen molar-refractivity contribution < 1.29 is 13.2 Å². The quantitative estimate of drug-likeness (QED) is 0.377. The molecule has 3 rings (SSSR count). The molecule has 7 nitrogen and oxygen atoms in total. The van der Waals surface area contributed by atoms with Gasteiger partial charge in [-0.05, 0) is 12.0 Å². The molecule has 0 aliphatic carbocycles. The monoisotopic (exact) mass is 486 g/mol. The summed E-state index contributed by atoms with van der Waals surface area (Å²) in [5.74, 6) is 1.33. The summed E-state index contributed by atoms with van der Waals surface area (Å²) in [6, 6.07) is 9.17. The first kappa shape index (κ1) is 23.5. The predicted molar refractivity (Wildman–Crippen MR) is 123 cm³/mol. The molecule has 0 radical (unpaired) electrons. The van der Waals surface area contributed by atoms with E-state index in [1.54, 1.807) is 16.7 Å². The summed E-state index contributed by atoms with van der Waals surface area (Å²) in [7, 11) is -3.38. The lowest BCUT2D eigenvalue weighted by atomic mass is 10.2. The maximum Gasteiger partial charge on any atom is 0.233 e. The number of nitrogens with zero attached hydrogens (tertiary/aromatic N) is 4. The number of hydrogen-bond acceptors (Lipinski definition) is 8. The van der Waals surface area contributed by atoms with Gasteiger partial charge in [0.2, 0.25) is 15.9 Å². The molecule has 0 spiro atoms. The van der Waals surface area contributed by atoms with Crippen LogP contribution in [0.4, 0.5) is 0 Å². The minimum Gasteiger partial charge on any atom is -0.339 e. The number of carbonyl (C=O) groups is 1. The van der Waals surface area contributed by atoms with Crippen LogP contribution in [0.1, 0.15) is 25.3 Å². The van der Waals surface area contributed by atoms with Crippen molar-refractivity contribution in [2.45, 2.75) is 34.2 Å². The Labute approximate surface area is 190 Å². The van der Waals surface area contributed by atoms with E-state index in [9.17, 15) is 13.2 Å². The van der Waals surface area contributed by atoms with Crippen molar-refractivity contribution in [1.82, 2.24) is 19.4 Å². The second-order valence-corrected chi connectivity index (χ2v) is 12.4. The Bertz CT molecular complexity index is 913. The largest absolute Gasteiger partial charge is 0.339 e. The normalized spacial score (nSPS) is 15.4. The van der Waals surface area contributed by atoms with Gasteiger partial charge < -0.3 is 4.90 Å². The number of unbranched alkanes of at least 4 members (excludes halogenated alkanes) is 1. The fourth-order valence-corrected chi connectivity index (χ4v) is 7.52. The van der Waals surface area contributed by atoms with Crippen LogP contribution in [-0.2, 0) is 20.6 Å². The molecule has 0 N–H and O–H groups in total. The lowest BCUT2D eigenvalue weighted by Gasteiger charge is -2.34. The Hall–Kier alpha value is -1.14. The molecule has 0 unspecified atom stereocenters. The number of amides is 1. The highest BCUT2D eigenvalue weighted by Gasteiger charge is 2.29. The highest BCUT2D eigenvalue weighted by molar-refractivity contribution is 8.03. The van der Waals surface area contributed by atoms with E-state index in [0.29, 0.717) is 31.9 Å². The molecule has 1 amide bonds. The molecule has 1 saturated heterocycles. The molecule has 0 atom stereocenters. The molecule has 11 heteroatoms. The fraction of sp³-hybridized carbons (Fsp3) is 0.526. The summed E-state index contributed by atoms with van der Waals surface area (Å²) >= 11 is 4.63. The van der Waals surface area contributed by atoms with E-state index in [2.05, 4.69) is 17.1 Å². The van der Waals surface area contributed by atoms with E-state index in [-0.39, 0.29) is 11.7 Å². The van der Waals surface area contributed by atoms with Gasteiger partial charge in [-0.2, -0.15) is 4.31 Å². The van der Waals surface area contributed by atoms with E-state index in [4.69, 9.17) is 0 Å². The van der Waals surface area contributed by atoms with Crippen molar-refractivity contribution in [2.24, 2.45) is 0 Å². The maximum absolute atomic E-state index is 12.6. The van der Waals surface area contributed by atoms with E-state index < -0.39 is 10.0 Å². The molecule has 0 bridgehead atoms. The van der Waals surface area contributed by atoms with Crippen molar-refractivity contribution in [3.05, 3.63) is 35.9 Å². The van der Waals surface area contributed by atoms with Gasteiger partial charge in [0.05, 0.1) is 11.5 Å². The summed E-state index contributed by atoms with van der Waals surface area (Å²) in [4.78, 5) is 14.3. The first-order valence-corrected chi connectivity index (χ1v) is 14.3. The van der Waals surface area contributed by atoms with Crippen molar-refractivity contribution >= 4 is 50.8 Å². The standard InChI is InChI=1S/C19H26N4O3S4/c1-2-3-13-27-18-20-21-19(29-18)28-14-17(24)22-9-11-23(12-10-22)30(25,26)15-16-7-5-4-6-8-16/h4-8H,2-3,9-15H2,1H3. The molecular formula is C19H26N4O3S4. The van der Waals surface area contributed by atoms with Crippen molar-refractivity contribution in [2.75, 3.05) is 37.7 Å². The second-order valence-electron chi connectivity index (χ2n) is 6.85. The van der Waals surface area contributed by atoms with E-state index in [0.717, 1.165) is 32.8 Å². The summed E-state index contributed by atoms with van der Waals surface area (Å²) in [5, 5.41) is 8.31. The SMILES string of the molecule is CCCCSc1nnc(SCC(=O)N2CCN(S(=O)(=O)Cc3ccccc3)CC2)s1. The Morgan fingerprint density at radius 3 is 2.40 bits per heavy atom. The topological polar surface area (TPSA) is 83.5 Å². The van der Waals surface area contributed by atoms with E-state index >= 15 is 0 Å². The van der Waals surface area contributed by atoms with Gasteiger partial charge >= 0.3 is 0 Å². The number of benzene rings is 1. The number of carbonyl (C=O) groups excluding carboxylic acids is 1. The second kappa shape index (κ2) is 11.5. The molecule has 2 heterocycles. The zero-order chi connectivity index (χ0) is 21.4. The summed E-state index contributed by atoms with van der Waals surface area (Å²) < 4.78 is 28.5. The average Bonchev–Trinajstić information content (AvgIpc) is 3.20. The van der Waals surface area contributed by atoms with Crippen molar-refractivity contribution in [3.63, 3.8) is 0 Å². The Kier molecular flexibility index (Phi) is 8.99. The van der Waals surface area contributed by atoms with E-state index in [1.807, 2.05) is 30.3 Å². The van der Waals surface area contributed by atoms with Crippen LogP contribution in [-0.4, -0.2) is 71.4 Å². The predicted octanol–water partition coefficient (Wildman–Crippen LogP) is 3.20. The minimum absolute atomic E-state index is 0.00666. The van der Waals surface area contributed by atoms with Crippen LogP contribution in [0.2, 0.25) is 0 Å². The number of thioether (sulfide) groups is 2. The summed E-state index contributed by atoms with van der Waals surface area (Å²) in [5.41, 5.74) is 0.775. The Morgan fingerprint density at radius 1 is 1.07 bits per heavy atom. The molecule has 164 valence electrons. The van der Waals surface area contributed by atoms with Gasteiger partial charge in [0.25, 0.3) is 0 Å². The molecule has 1 aliphatic rings. The van der Waals surface area contributed by atoms with Crippen molar-refractivity contribution in [1.29, 1.82) is 0 Å². The lowest BCUT2D eigenvalue weighted by molar-refractivity contribution is -0.129. The van der Waals surface area contributed by atoms with Crippen LogP contribution in [0.3, 0.4) is 0 Å². The molecule has 2 aromatic rings. The van der Waals surface area contributed by atoms with Gasteiger partial charge in [-0.1, -0.05) is 78.5 Å². The molecular weight excluding hydrogens is 461 g/mol. The third-order valence-electron chi connectivity index (χ3n) is 4.61. The van der Waals surface area contributed by atoms with Crippen LogP contribution < -0.4 is 0 Å². The zero-order valence-electron chi connectivity index (χ0n) is 16.9. The summed E-state index contributed by atoms with van der Waals surface area (Å²) in [6.07, 6.45) is 2.31. The van der Waals surface area contributed by atoms with Crippen LogP contribution in [0.25, 0.3) is 0 Å². The van der Waals surface area contributed by atoms with Crippen molar-refractivity contribution in [3.8, 4) is 0 Å². The number of rotatable bonds is 10. The number of aromatic nitrogens is 2. The van der Waals surface area contributed by atoms with Gasteiger partial charge in [-0.15, -0.1) is 10.2 Å². The van der Waals surface area contributed by atoms with Crippen LogP contribution in [0, 0.1) is 0 Å². The Balaban J connectivity index is 1.43. The van der Waals surface area contributed by atoms with Gasteiger partial charge in [-0.3, -0.25) is 4.79 Å². The smallest absolute Gasteiger partial charge is 0.233 e. The van der Waals surface area contributed by atoms with Crippen LogP contribution in [0.15, 0.2) is 39.0 Å². The van der Waals surface area contributed by atoms with E-state index in [1.165, 1.54) is 27.4 Å². The van der Waals surface area contributed by atoms with Gasteiger partial charge in [-0.25, -0.2) is 8.42 Å². The number of piperazine rings is 1. The molecule has 1 aliphatic heterocycles.